The van der Waals surface area contributed by atoms with Crippen molar-refractivity contribution in [2.45, 2.75) is 12.6 Å². The first-order valence-electron chi connectivity index (χ1n) is 6.83. The zero-order valence-corrected chi connectivity index (χ0v) is 12.4. The normalized spacial score (nSPS) is 20.4. The van der Waals surface area contributed by atoms with E-state index < -0.39 is 6.10 Å². The summed E-state index contributed by atoms with van der Waals surface area (Å²) in [5.41, 5.74) is 5.70. The molecule has 112 valence electrons. The van der Waals surface area contributed by atoms with Gasteiger partial charge in [-0.2, -0.15) is 4.98 Å². The summed E-state index contributed by atoms with van der Waals surface area (Å²) in [6, 6.07) is 1.66. The Balaban J connectivity index is 1.68. The number of aliphatic hydroxyl groups is 1. The molecule has 3 N–H and O–H groups in total. The fourth-order valence-corrected chi connectivity index (χ4v) is 3.07. The van der Waals surface area contributed by atoms with Gasteiger partial charge in [0.05, 0.1) is 12.6 Å². The summed E-state index contributed by atoms with van der Waals surface area (Å²) in [6.07, 6.45) is 3.00. The highest BCUT2D eigenvalue weighted by Crippen LogP contribution is 2.15. The number of hydrogen-bond acceptors (Lipinski definition) is 8. The molecule has 3 rings (SSSR count). The Kier molecular flexibility index (Phi) is 4.28. The van der Waals surface area contributed by atoms with Crippen molar-refractivity contribution in [2.24, 2.45) is 0 Å². The van der Waals surface area contributed by atoms with Crippen LogP contribution >= 0.6 is 11.3 Å². The maximum atomic E-state index is 10.2. The second-order valence-electron chi connectivity index (χ2n) is 5.04. The topological polar surface area (TPSA) is 91.4 Å². The van der Waals surface area contributed by atoms with Crippen molar-refractivity contribution >= 4 is 23.1 Å². The Labute approximate surface area is 127 Å². The van der Waals surface area contributed by atoms with Crippen molar-refractivity contribution in [1.29, 1.82) is 0 Å². The molecule has 2 aromatic heterocycles. The third-order valence-electron chi connectivity index (χ3n) is 3.38. The summed E-state index contributed by atoms with van der Waals surface area (Å²) in [7, 11) is 0. The molecule has 21 heavy (non-hydrogen) atoms. The molecule has 0 bridgehead atoms. The monoisotopic (exact) mass is 306 g/mol. The predicted molar refractivity (Wildman–Crippen MR) is 82.1 cm³/mol. The van der Waals surface area contributed by atoms with Gasteiger partial charge >= 0.3 is 0 Å². The lowest BCUT2D eigenvalue weighted by molar-refractivity contribution is 0.129. The maximum absolute atomic E-state index is 10.2. The van der Waals surface area contributed by atoms with E-state index in [0.717, 1.165) is 24.6 Å². The molecule has 2 aromatic rings. The van der Waals surface area contributed by atoms with Crippen LogP contribution in [-0.4, -0.2) is 57.2 Å². The van der Waals surface area contributed by atoms with Crippen molar-refractivity contribution < 1.29 is 5.11 Å². The summed E-state index contributed by atoms with van der Waals surface area (Å²) in [6.45, 7) is 3.48. The minimum atomic E-state index is -0.447. The van der Waals surface area contributed by atoms with Crippen LogP contribution in [0.5, 0.6) is 0 Å². The largest absolute Gasteiger partial charge is 0.390 e. The summed E-state index contributed by atoms with van der Waals surface area (Å²) in [5.74, 6) is 1.02. The summed E-state index contributed by atoms with van der Waals surface area (Å²) < 4.78 is 0. The van der Waals surface area contributed by atoms with Crippen LogP contribution in [0.2, 0.25) is 0 Å². The molecule has 1 fully saturated rings. The lowest BCUT2D eigenvalue weighted by atomic mass is 10.3. The number of nitrogens with zero attached hydrogens (tertiary/aromatic N) is 5. The molecule has 0 saturated carbocycles. The van der Waals surface area contributed by atoms with E-state index in [1.165, 1.54) is 0 Å². The smallest absolute Gasteiger partial charge is 0.227 e. The lowest BCUT2D eigenvalue weighted by Gasteiger charge is -2.21. The SMILES string of the molecule is Nc1ccnc(N2CCN(Cc3nccs3)CC(O)C2)n1. The molecule has 0 amide bonds. The molecular weight excluding hydrogens is 288 g/mol. The van der Waals surface area contributed by atoms with Crippen LogP contribution in [-0.2, 0) is 6.54 Å². The van der Waals surface area contributed by atoms with E-state index in [4.69, 9.17) is 5.73 Å². The molecule has 0 aromatic carbocycles. The average molecular weight is 306 g/mol. The molecule has 1 saturated heterocycles. The number of anilines is 2. The third-order valence-corrected chi connectivity index (χ3v) is 4.14. The highest BCUT2D eigenvalue weighted by Gasteiger charge is 2.23. The molecule has 0 aliphatic carbocycles. The molecule has 0 spiro atoms. The van der Waals surface area contributed by atoms with Gasteiger partial charge in [-0.15, -0.1) is 11.3 Å². The average Bonchev–Trinajstić information content (AvgIpc) is 2.88. The maximum Gasteiger partial charge on any atom is 0.227 e. The summed E-state index contributed by atoms with van der Waals surface area (Å²) >= 11 is 1.63. The van der Waals surface area contributed by atoms with E-state index in [2.05, 4.69) is 19.9 Å². The van der Waals surface area contributed by atoms with Crippen LogP contribution in [0.3, 0.4) is 0 Å². The van der Waals surface area contributed by atoms with Crippen LogP contribution < -0.4 is 10.6 Å². The number of hydrogen-bond donors (Lipinski definition) is 2. The molecule has 7 nitrogen and oxygen atoms in total. The van der Waals surface area contributed by atoms with Gasteiger partial charge in [-0.05, 0) is 6.07 Å². The Morgan fingerprint density at radius 1 is 1.29 bits per heavy atom. The van der Waals surface area contributed by atoms with E-state index in [9.17, 15) is 5.11 Å². The van der Waals surface area contributed by atoms with Crippen LogP contribution in [0.4, 0.5) is 11.8 Å². The third kappa shape index (κ3) is 3.66. The molecule has 1 aliphatic heterocycles. The molecule has 0 radical (unpaired) electrons. The fraction of sp³-hybridized carbons (Fsp3) is 0.462. The molecule has 3 heterocycles. The van der Waals surface area contributed by atoms with Gasteiger partial charge in [-0.1, -0.05) is 0 Å². The first-order valence-corrected chi connectivity index (χ1v) is 7.71. The lowest BCUT2D eigenvalue weighted by Crippen LogP contribution is -2.34. The van der Waals surface area contributed by atoms with Crippen molar-refractivity contribution in [1.82, 2.24) is 19.9 Å². The predicted octanol–water partition coefficient (Wildman–Crippen LogP) is 0.198. The van der Waals surface area contributed by atoms with Crippen LogP contribution in [0.25, 0.3) is 0 Å². The van der Waals surface area contributed by atoms with Gasteiger partial charge in [0.25, 0.3) is 0 Å². The number of thiazole rings is 1. The van der Waals surface area contributed by atoms with E-state index in [1.807, 2.05) is 10.3 Å². The number of nitrogens with two attached hydrogens (primary N) is 1. The Morgan fingerprint density at radius 3 is 2.95 bits per heavy atom. The summed E-state index contributed by atoms with van der Waals surface area (Å²) in [5, 5.41) is 13.2. The standard InChI is InChI=1S/C13H18N6OS/c14-11-1-2-16-13(17-11)19-5-4-18(7-10(20)8-19)9-12-15-3-6-21-12/h1-3,6,10,20H,4-5,7-9H2,(H2,14,16,17). The van der Waals surface area contributed by atoms with Crippen molar-refractivity contribution in [3.05, 3.63) is 28.8 Å². The van der Waals surface area contributed by atoms with Crippen molar-refractivity contribution in [2.75, 3.05) is 36.8 Å². The van der Waals surface area contributed by atoms with E-state index >= 15 is 0 Å². The van der Waals surface area contributed by atoms with Crippen molar-refractivity contribution in [3.63, 3.8) is 0 Å². The Morgan fingerprint density at radius 2 is 2.19 bits per heavy atom. The Bertz CT molecular complexity index is 578. The number of rotatable bonds is 3. The van der Waals surface area contributed by atoms with Gasteiger partial charge in [0, 0.05) is 44.0 Å². The molecular formula is C13H18N6OS. The van der Waals surface area contributed by atoms with Crippen molar-refractivity contribution in [3.8, 4) is 0 Å². The number of aromatic nitrogens is 3. The molecule has 1 atom stereocenters. The first-order chi connectivity index (χ1) is 10.2. The molecule has 1 aliphatic rings. The first kappa shape index (κ1) is 14.2. The number of nitrogen functional groups attached to an aromatic ring is 1. The van der Waals surface area contributed by atoms with Gasteiger partial charge in [0.15, 0.2) is 0 Å². The van der Waals surface area contributed by atoms with Crippen LogP contribution in [0, 0.1) is 0 Å². The van der Waals surface area contributed by atoms with Gasteiger partial charge in [0.1, 0.15) is 10.8 Å². The van der Waals surface area contributed by atoms with Crippen LogP contribution in [0.1, 0.15) is 5.01 Å². The number of aliphatic hydroxyl groups excluding tert-OH is 1. The van der Waals surface area contributed by atoms with Crippen LogP contribution in [0.15, 0.2) is 23.8 Å². The highest BCUT2D eigenvalue weighted by molar-refractivity contribution is 7.09. The van der Waals surface area contributed by atoms with Gasteiger partial charge < -0.3 is 15.7 Å². The highest BCUT2D eigenvalue weighted by atomic mass is 32.1. The van der Waals surface area contributed by atoms with Gasteiger partial charge in [0.2, 0.25) is 5.95 Å². The number of β-amino-alcohol motifs (C(OH)–C–C–N with tert-alkyl or cyclic N) is 1. The van der Waals surface area contributed by atoms with E-state index in [0.29, 0.717) is 24.9 Å². The second-order valence-corrected chi connectivity index (χ2v) is 6.02. The second kappa shape index (κ2) is 6.33. The fourth-order valence-electron chi connectivity index (χ4n) is 2.42. The minimum absolute atomic E-state index is 0.443. The van der Waals surface area contributed by atoms with E-state index in [1.54, 1.807) is 29.8 Å². The Hall–Kier alpha value is -1.77. The van der Waals surface area contributed by atoms with E-state index in [-0.39, 0.29) is 0 Å². The zero-order valence-electron chi connectivity index (χ0n) is 11.6. The van der Waals surface area contributed by atoms with Gasteiger partial charge in [-0.3, -0.25) is 4.90 Å². The molecule has 1 unspecified atom stereocenters. The van der Waals surface area contributed by atoms with Gasteiger partial charge in [-0.25, -0.2) is 9.97 Å². The quantitative estimate of drug-likeness (QED) is 0.837. The minimum Gasteiger partial charge on any atom is -0.390 e. The zero-order chi connectivity index (χ0) is 14.7. The molecule has 8 heteroatoms. The summed E-state index contributed by atoms with van der Waals surface area (Å²) in [4.78, 5) is 16.9.